The van der Waals surface area contributed by atoms with Crippen molar-refractivity contribution < 1.29 is 14.4 Å². The van der Waals surface area contributed by atoms with Crippen molar-refractivity contribution in [2.75, 3.05) is 6.16 Å². The first-order chi connectivity index (χ1) is 16.6. The lowest BCUT2D eigenvalue weighted by atomic mass is 9.87. The molecule has 0 spiro atoms. The van der Waals surface area contributed by atoms with E-state index in [4.69, 9.17) is 9.79 Å². The smallest absolute Gasteiger partial charge is 0.324 e. The molecular weight excluding hydrogens is 439 g/mol. The minimum Gasteiger partial charge on any atom is -0.324 e. The zero-order valence-corrected chi connectivity index (χ0v) is 22.0. The van der Waals surface area contributed by atoms with Crippen LogP contribution in [0.5, 0.6) is 0 Å². The van der Waals surface area contributed by atoms with E-state index in [2.05, 4.69) is 60.7 Å². The Morgan fingerprint density at radius 1 is 0.500 bits per heavy atom. The predicted octanol–water partition coefficient (Wildman–Crippen LogP) is 9.24. The predicted molar refractivity (Wildman–Crippen MR) is 146 cm³/mol. The van der Waals surface area contributed by atoms with Crippen LogP contribution in [0.2, 0.25) is 0 Å². The molecule has 0 amide bonds. The number of rotatable bonds is 20. The average molecular weight is 487 g/mol. The van der Waals surface area contributed by atoms with Crippen molar-refractivity contribution in [3.63, 3.8) is 0 Å². The van der Waals surface area contributed by atoms with Gasteiger partial charge in [0.05, 0.1) is 0 Å². The number of hydrogen-bond acceptors (Lipinski definition) is 1. The van der Waals surface area contributed by atoms with Crippen LogP contribution in [0.1, 0.15) is 120 Å². The van der Waals surface area contributed by atoms with Gasteiger partial charge in [-0.2, -0.15) is 0 Å². The van der Waals surface area contributed by atoms with Crippen LogP contribution in [0, 0.1) is 0 Å². The van der Waals surface area contributed by atoms with Gasteiger partial charge in [0.25, 0.3) is 0 Å². The van der Waals surface area contributed by atoms with Crippen LogP contribution in [-0.4, -0.2) is 15.9 Å². The van der Waals surface area contributed by atoms with E-state index in [0.717, 1.165) is 12.8 Å². The topological polar surface area (TPSA) is 57.5 Å². The maximum absolute atomic E-state index is 10.8. The molecule has 0 aromatic heterocycles. The second kappa shape index (κ2) is 17.9. The fourth-order valence-corrected chi connectivity index (χ4v) is 5.50. The molecule has 190 valence electrons. The summed E-state index contributed by atoms with van der Waals surface area (Å²) < 4.78 is 10.8. The lowest BCUT2D eigenvalue weighted by Gasteiger charge is -2.18. The average Bonchev–Trinajstić information content (AvgIpc) is 2.84. The number of hydrogen-bond donors (Lipinski definition) is 2. The first-order valence-electron chi connectivity index (χ1n) is 13.7. The normalized spacial score (nSPS) is 11.9. The van der Waals surface area contributed by atoms with Crippen LogP contribution in [0.3, 0.4) is 0 Å². The molecule has 0 fully saturated rings. The van der Waals surface area contributed by atoms with Gasteiger partial charge in [0.15, 0.2) is 0 Å². The zero-order valence-electron chi connectivity index (χ0n) is 21.1. The minimum atomic E-state index is -3.78. The Bertz CT molecular complexity index is 733. The van der Waals surface area contributed by atoms with Crippen LogP contribution >= 0.6 is 7.60 Å². The molecule has 0 aliphatic heterocycles. The molecule has 2 N–H and O–H groups in total. The van der Waals surface area contributed by atoms with Crippen LogP contribution in [-0.2, 0) is 4.57 Å². The van der Waals surface area contributed by atoms with E-state index in [1.165, 1.54) is 94.6 Å². The van der Waals surface area contributed by atoms with Crippen molar-refractivity contribution in [3.8, 4) is 0 Å². The standard InChI is InChI=1S/C30H47O3P/c31-34(32,33)27-21-13-11-9-7-5-3-1-2-4-6-8-10-12-20-26-30(28-22-16-14-17-23-28)29-24-18-15-19-25-29/h14-19,22-25,30H,1-13,20-21,26-27H2,(H2,31,32,33). The van der Waals surface area contributed by atoms with Crippen molar-refractivity contribution in [2.24, 2.45) is 0 Å². The molecule has 4 heteroatoms. The van der Waals surface area contributed by atoms with Crippen molar-refractivity contribution in [2.45, 2.75) is 109 Å². The highest BCUT2D eigenvalue weighted by Crippen LogP contribution is 2.35. The molecule has 34 heavy (non-hydrogen) atoms. The van der Waals surface area contributed by atoms with Gasteiger partial charge in [-0.25, -0.2) is 0 Å². The summed E-state index contributed by atoms with van der Waals surface area (Å²) in [4.78, 5) is 17.7. The second-order valence-corrected chi connectivity index (χ2v) is 11.6. The summed E-state index contributed by atoms with van der Waals surface area (Å²) in [6.07, 6.45) is 20.0. The Balaban J connectivity index is 1.41. The van der Waals surface area contributed by atoms with Crippen LogP contribution in [0.25, 0.3) is 0 Å². The highest BCUT2D eigenvalue weighted by molar-refractivity contribution is 7.51. The van der Waals surface area contributed by atoms with Gasteiger partial charge in [-0.15, -0.1) is 0 Å². The first-order valence-corrected chi connectivity index (χ1v) is 15.5. The highest BCUT2D eigenvalue weighted by Gasteiger charge is 2.13. The number of unbranched alkanes of at least 4 members (excludes halogenated alkanes) is 14. The number of benzene rings is 2. The maximum Gasteiger partial charge on any atom is 0.325 e. The Hall–Kier alpha value is -1.41. The lowest BCUT2D eigenvalue weighted by molar-refractivity contribution is 0.370. The van der Waals surface area contributed by atoms with E-state index in [0.29, 0.717) is 12.3 Å². The molecule has 2 aromatic carbocycles. The summed E-state index contributed by atoms with van der Waals surface area (Å²) in [7, 11) is -3.78. The van der Waals surface area contributed by atoms with E-state index in [1.54, 1.807) is 0 Å². The third-order valence-electron chi connectivity index (χ3n) is 6.85. The van der Waals surface area contributed by atoms with Crippen molar-refractivity contribution in [3.05, 3.63) is 71.8 Å². The van der Waals surface area contributed by atoms with E-state index in [9.17, 15) is 4.57 Å². The molecule has 0 unspecified atom stereocenters. The van der Waals surface area contributed by atoms with Crippen molar-refractivity contribution in [1.82, 2.24) is 0 Å². The molecule has 0 bridgehead atoms. The van der Waals surface area contributed by atoms with Crippen molar-refractivity contribution >= 4 is 7.60 Å². The Morgan fingerprint density at radius 3 is 1.18 bits per heavy atom. The Kier molecular flexibility index (Phi) is 15.2. The molecule has 3 nitrogen and oxygen atoms in total. The third-order valence-corrected chi connectivity index (χ3v) is 7.74. The second-order valence-electron chi connectivity index (χ2n) is 9.85. The quantitative estimate of drug-likeness (QED) is 0.145. The summed E-state index contributed by atoms with van der Waals surface area (Å²) in [5, 5.41) is 0. The fourth-order valence-electron chi connectivity index (χ4n) is 4.86. The van der Waals surface area contributed by atoms with E-state index >= 15 is 0 Å². The largest absolute Gasteiger partial charge is 0.325 e. The van der Waals surface area contributed by atoms with Crippen LogP contribution < -0.4 is 0 Å². The zero-order chi connectivity index (χ0) is 24.3. The SMILES string of the molecule is O=P(O)(O)CCCCCCCCCCCCCCCCCC(c1ccccc1)c1ccccc1. The molecule has 0 saturated heterocycles. The minimum absolute atomic E-state index is 0.0505. The van der Waals surface area contributed by atoms with E-state index in [1.807, 2.05) is 0 Å². The molecule has 2 aromatic rings. The van der Waals surface area contributed by atoms with Gasteiger partial charge in [-0.3, -0.25) is 4.57 Å². The van der Waals surface area contributed by atoms with Gasteiger partial charge in [0, 0.05) is 12.1 Å². The Labute approximate surface area is 208 Å². The highest BCUT2D eigenvalue weighted by atomic mass is 31.2. The van der Waals surface area contributed by atoms with Gasteiger partial charge in [-0.1, -0.05) is 151 Å². The molecule has 0 aliphatic rings. The molecule has 0 heterocycles. The van der Waals surface area contributed by atoms with Gasteiger partial charge in [0.2, 0.25) is 0 Å². The summed E-state index contributed by atoms with van der Waals surface area (Å²) >= 11 is 0. The summed E-state index contributed by atoms with van der Waals surface area (Å²) in [6.45, 7) is 0. The molecule has 0 saturated carbocycles. The monoisotopic (exact) mass is 486 g/mol. The first kappa shape index (κ1) is 28.8. The van der Waals surface area contributed by atoms with Gasteiger partial charge >= 0.3 is 7.60 Å². The van der Waals surface area contributed by atoms with Crippen LogP contribution in [0.4, 0.5) is 0 Å². The molecular formula is C30H47O3P. The molecule has 0 radical (unpaired) electrons. The lowest BCUT2D eigenvalue weighted by Crippen LogP contribution is -2.01. The summed E-state index contributed by atoms with van der Waals surface area (Å²) in [5.41, 5.74) is 2.88. The van der Waals surface area contributed by atoms with E-state index < -0.39 is 7.60 Å². The maximum atomic E-state index is 10.8. The molecule has 0 atom stereocenters. The third kappa shape index (κ3) is 14.1. The van der Waals surface area contributed by atoms with Gasteiger partial charge in [-0.05, 0) is 24.0 Å². The van der Waals surface area contributed by atoms with Gasteiger partial charge < -0.3 is 9.79 Å². The Morgan fingerprint density at radius 2 is 0.824 bits per heavy atom. The van der Waals surface area contributed by atoms with Crippen molar-refractivity contribution in [1.29, 1.82) is 0 Å². The summed E-state index contributed by atoms with van der Waals surface area (Å²) in [5.74, 6) is 0.516. The molecule has 2 rings (SSSR count). The summed E-state index contributed by atoms with van der Waals surface area (Å²) in [6, 6.07) is 21.9. The van der Waals surface area contributed by atoms with Gasteiger partial charge in [0.1, 0.15) is 0 Å². The molecule has 0 aliphatic carbocycles. The van der Waals surface area contributed by atoms with E-state index in [-0.39, 0.29) is 6.16 Å². The fraction of sp³-hybridized carbons (Fsp3) is 0.600. The van der Waals surface area contributed by atoms with Crippen LogP contribution in [0.15, 0.2) is 60.7 Å².